The average molecular weight is 456 g/mol. The highest BCUT2D eigenvalue weighted by atomic mass is 19.4. The van der Waals surface area contributed by atoms with Crippen molar-refractivity contribution in [2.75, 3.05) is 5.73 Å². The molecule has 1 aliphatic heterocycles. The number of nitrogen functional groups attached to an aromatic ring is 1. The summed E-state index contributed by atoms with van der Waals surface area (Å²) in [6, 6.07) is 14.5. The lowest BCUT2D eigenvalue weighted by Crippen LogP contribution is -2.38. The van der Waals surface area contributed by atoms with E-state index in [2.05, 4.69) is 15.0 Å². The molecule has 1 aromatic heterocycles. The first-order valence-electron chi connectivity index (χ1n) is 9.94. The van der Waals surface area contributed by atoms with Crippen molar-refractivity contribution in [2.24, 2.45) is 0 Å². The number of nitrogens with one attached hydrogen (secondary N) is 1. The molecule has 2 aromatic carbocycles. The maximum Gasteiger partial charge on any atom is 0.573 e. The zero-order valence-electron chi connectivity index (χ0n) is 17.2. The average Bonchev–Trinajstić information content (AvgIpc) is 3.05. The Hall–Kier alpha value is -4.08. The topological polar surface area (TPSA) is 97.5 Å². The number of aromatic nitrogens is 1. The van der Waals surface area contributed by atoms with Crippen LogP contribution in [0.15, 0.2) is 66.9 Å². The highest BCUT2D eigenvalue weighted by Gasteiger charge is 2.40. The molecular weight excluding hydrogens is 437 g/mol. The number of carbonyl (C=O) groups is 2. The molecule has 0 spiro atoms. The van der Waals surface area contributed by atoms with Gasteiger partial charge in [0.2, 0.25) is 5.91 Å². The number of anilines is 1. The van der Waals surface area contributed by atoms with E-state index in [1.54, 1.807) is 42.6 Å². The minimum Gasteiger partial charge on any atom is -0.406 e. The molecule has 7 nitrogen and oxygen atoms in total. The smallest absolute Gasteiger partial charge is 0.406 e. The van der Waals surface area contributed by atoms with Gasteiger partial charge >= 0.3 is 6.36 Å². The van der Waals surface area contributed by atoms with Crippen molar-refractivity contribution in [2.45, 2.75) is 25.5 Å². The quantitative estimate of drug-likeness (QED) is 0.591. The fraction of sp³-hybridized carbons (Fsp3) is 0.174. The number of fused-ring (bicyclic) bond motifs is 1. The van der Waals surface area contributed by atoms with Gasteiger partial charge in [-0.2, -0.15) is 0 Å². The minimum atomic E-state index is -4.78. The number of halogens is 3. The summed E-state index contributed by atoms with van der Waals surface area (Å²) in [6.07, 6.45) is -3.23. The molecule has 10 heteroatoms. The molecule has 33 heavy (non-hydrogen) atoms. The van der Waals surface area contributed by atoms with Crippen molar-refractivity contribution in [3.05, 3.63) is 89.1 Å². The number of nitrogens with two attached hydrogens (primary N) is 1. The van der Waals surface area contributed by atoms with Gasteiger partial charge in [-0.05, 0) is 41.0 Å². The summed E-state index contributed by atoms with van der Waals surface area (Å²) in [5, 5.41) is 2.76. The van der Waals surface area contributed by atoms with E-state index < -0.39 is 18.3 Å². The number of carbonyl (C=O) groups excluding carboxylic acids is 2. The van der Waals surface area contributed by atoms with Gasteiger partial charge in [-0.3, -0.25) is 9.59 Å². The molecule has 2 heterocycles. The lowest BCUT2D eigenvalue weighted by molar-refractivity contribution is -0.274. The first-order valence-corrected chi connectivity index (χ1v) is 9.94. The van der Waals surface area contributed by atoms with E-state index in [1.165, 1.54) is 29.2 Å². The van der Waals surface area contributed by atoms with Crippen molar-refractivity contribution in [3.8, 4) is 5.75 Å². The summed E-state index contributed by atoms with van der Waals surface area (Å²) in [7, 11) is 0. The van der Waals surface area contributed by atoms with E-state index in [0.717, 1.165) is 0 Å². The maximum atomic E-state index is 13.1. The van der Waals surface area contributed by atoms with Gasteiger partial charge in [0.05, 0.1) is 0 Å². The van der Waals surface area contributed by atoms with Gasteiger partial charge in [-0.1, -0.05) is 36.4 Å². The van der Waals surface area contributed by atoms with Crippen LogP contribution in [-0.2, 0) is 17.9 Å². The summed E-state index contributed by atoms with van der Waals surface area (Å²) >= 11 is 0. The van der Waals surface area contributed by atoms with Crippen LogP contribution < -0.4 is 15.8 Å². The number of rotatable bonds is 6. The van der Waals surface area contributed by atoms with Crippen molar-refractivity contribution in [1.29, 1.82) is 0 Å². The second kappa shape index (κ2) is 8.81. The standard InChI is InChI=1S/C23H19F3N4O3/c24-23(25,26)33-16-8-5-14(6-9-16)11-29-21(31)20-17-3-1-2-4-18(17)22(32)30(20)13-15-7-10-19(27)28-12-15/h1-10,12,20H,11,13H2,(H2,27,28)(H,29,31). The van der Waals surface area contributed by atoms with Gasteiger partial charge in [0.1, 0.15) is 17.6 Å². The van der Waals surface area contributed by atoms with Crippen LogP contribution in [0.2, 0.25) is 0 Å². The van der Waals surface area contributed by atoms with Gasteiger partial charge in [0.25, 0.3) is 5.91 Å². The number of hydrogen-bond donors (Lipinski definition) is 2. The van der Waals surface area contributed by atoms with Crippen molar-refractivity contribution >= 4 is 17.6 Å². The van der Waals surface area contributed by atoms with E-state index in [0.29, 0.717) is 28.1 Å². The Labute approximate surface area is 187 Å². The largest absolute Gasteiger partial charge is 0.573 e. The zero-order chi connectivity index (χ0) is 23.6. The molecule has 1 aliphatic rings. The molecule has 1 unspecified atom stereocenters. The highest BCUT2D eigenvalue weighted by Crippen LogP contribution is 2.35. The summed E-state index contributed by atoms with van der Waals surface area (Å²) in [5.74, 6) is -0.699. The van der Waals surface area contributed by atoms with E-state index in [9.17, 15) is 22.8 Å². The van der Waals surface area contributed by atoms with E-state index in [1.807, 2.05) is 0 Å². The fourth-order valence-electron chi connectivity index (χ4n) is 3.64. The molecule has 2 amide bonds. The third-order valence-corrected chi connectivity index (χ3v) is 5.13. The van der Waals surface area contributed by atoms with Crippen LogP contribution in [0.4, 0.5) is 19.0 Å². The van der Waals surface area contributed by atoms with E-state index in [-0.39, 0.29) is 24.7 Å². The maximum absolute atomic E-state index is 13.1. The molecule has 3 aromatic rings. The summed E-state index contributed by atoms with van der Waals surface area (Å²) in [4.78, 5) is 31.6. The number of amides is 2. The first kappa shape index (κ1) is 22.1. The Kier molecular flexibility index (Phi) is 5.91. The second-order valence-electron chi connectivity index (χ2n) is 7.42. The molecule has 0 fully saturated rings. The molecule has 0 radical (unpaired) electrons. The van der Waals surface area contributed by atoms with Crippen LogP contribution >= 0.6 is 0 Å². The monoisotopic (exact) mass is 456 g/mol. The van der Waals surface area contributed by atoms with Crippen LogP contribution in [0.25, 0.3) is 0 Å². The van der Waals surface area contributed by atoms with Gasteiger partial charge in [0.15, 0.2) is 0 Å². The number of nitrogens with zero attached hydrogens (tertiary/aromatic N) is 2. The highest BCUT2D eigenvalue weighted by molar-refractivity contribution is 6.04. The number of hydrogen-bond acceptors (Lipinski definition) is 5. The summed E-state index contributed by atoms with van der Waals surface area (Å²) in [5.41, 5.74) is 7.93. The zero-order valence-corrected chi connectivity index (χ0v) is 17.2. The van der Waals surface area contributed by atoms with E-state index in [4.69, 9.17) is 5.73 Å². The van der Waals surface area contributed by atoms with Crippen molar-refractivity contribution in [3.63, 3.8) is 0 Å². The summed E-state index contributed by atoms with van der Waals surface area (Å²) < 4.78 is 40.8. The van der Waals surface area contributed by atoms with Gasteiger partial charge in [-0.25, -0.2) is 4.98 Å². The summed E-state index contributed by atoms with van der Waals surface area (Å²) in [6.45, 7) is 0.220. The Morgan fingerprint density at radius 1 is 1.06 bits per heavy atom. The van der Waals surface area contributed by atoms with Gasteiger partial charge in [-0.15, -0.1) is 13.2 Å². The molecule has 3 N–H and O–H groups in total. The Bertz CT molecular complexity index is 1160. The predicted molar refractivity (Wildman–Crippen MR) is 113 cm³/mol. The van der Waals surface area contributed by atoms with Crippen molar-refractivity contribution in [1.82, 2.24) is 15.2 Å². The lowest BCUT2D eigenvalue weighted by atomic mass is 10.0. The Morgan fingerprint density at radius 2 is 1.76 bits per heavy atom. The fourth-order valence-corrected chi connectivity index (χ4v) is 3.64. The molecule has 0 aliphatic carbocycles. The SMILES string of the molecule is Nc1ccc(CN2C(=O)c3ccccc3C2C(=O)NCc2ccc(OC(F)(F)F)cc2)cn1. The van der Waals surface area contributed by atoms with Crippen molar-refractivity contribution < 1.29 is 27.5 Å². The normalized spacial score (nSPS) is 15.3. The van der Waals surface area contributed by atoms with E-state index >= 15 is 0 Å². The Balaban J connectivity index is 1.50. The number of ether oxygens (including phenoxy) is 1. The predicted octanol–water partition coefficient (Wildman–Crippen LogP) is 3.58. The number of alkyl halides is 3. The lowest BCUT2D eigenvalue weighted by Gasteiger charge is -2.24. The molecular formula is C23H19F3N4O3. The van der Waals surface area contributed by atoms with Gasteiger partial charge < -0.3 is 20.7 Å². The molecule has 4 rings (SSSR count). The Morgan fingerprint density at radius 3 is 2.42 bits per heavy atom. The molecule has 1 atom stereocenters. The second-order valence-corrected chi connectivity index (χ2v) is 7.42. The van der Waals surface area contributed by atoms with Crippen LogP contribution in [0.1, 0.15) is 33.1 Å². The first-order chi connectivity index (χ1) is 15.7. The molecule has 170 valence electrons. The number of benzene rings is 2. The van der Waals surface area contributed by atoms with Crippen LogP contribution in [-0.4, -0.2) is 28.1 Å². The minimum absolute atomic E-state index is 0.0647. The van der Waals surface area contributed by atoms with Crippen LogP contribution in [0.3, 0.4) is 0 Å². The molecule has 0 saturated carbocycles. The third kappa shape index (κ3) is 5.05. The molecule has 0 saturated heterocycles. The third-order valence-electron chi connectivity index (χ3n) is 5.13. The number of pyridine rings is 1. The van der Waals surface area contributed by atoms with Gasteiger partial charge in [0, 0.05) is 24.8 Å². The molecule has 0 bridgehead atoms. The van der Waals surface area contributed by atoms with Crippen LogP contribution in [0.5, 0.6) is 5.75 Å². The van der Waals surface area contributed by atoms with Crippen LogP contribution in [0, 0.1) is 0 Å².